The van der Waals surface area contributed by atoms with Gasteiger partial charge in [0.2, 0.25) is 0 Å². The molecule has 19 heavy (non-hydrogen) atoms. The average Bonchev–Trinajstić information content (AvgIpc) is 2.41. The van der Waals surface area contributed by atoms with E-state index in [4.69, 9.17) is 11.0 Å². The number of rotatable bonds is 4. The van der Waals surface area contributed by atoms with Crippen molar-refractivity contribution >= 4 is 22.1 Å². The topological polar surface area (TPSA) is 65.9 Å². The SMILES string of the molecule is CC(C)N(CCC#N)c1ccc2cnccc2c1N. The second kappa shape index (κ2) is 5.57. The summed E-state index contributed by atoms with van der Waals surface area (Å²) in [6, 6.07) is 8.45. The molecule has 1 aromatic carbocycles. The van der Waals surface area contributed by atoms with Gasteiger partial charge in [-0.25, -0.2) is 0 Å². The Morgan fingerprint density at radius 3 is 2.84 bits per heavy atom. The van der Waals surface area contributed by atoms with E-state index in [0.717, 1.165) is 22.1 Å². The molecule has 2 N–H and O–H groups in total. The van der Waals surface area contributed by atoms with E-state index < -0.39 is 0 Å². The number of benzene rings is 1. The van der Waals surface area contributed by atoms with Gasteiger partial charge in [0.15, 0.2) is 0 Å². The number of nitrogens with two attached hydrogens (primary N) is 1. The number of hydrogen-bond donors (Lipinski definition) is 1. The third kappa shape index (κ3) is 2.60. The van der Waals surface area contributed by atoms with Crippen LogP contribution in [0.25, 0.3) is 10.8 Å². The van der Waals surface area contributed by atoms with Crippen molar-refractivity contribution in [2.45, 2.75) is 26.3 Å². The molecule has 0 saturated carbocycles. The lowest BCUT2D eigenvalue weighted by Gasteiger charge is -2.29. The molecule has 0 aliphatic rings. The molecular weight excluding hydrogens is 236 g/mol. The van der Waals surface area contributed by atoms with Gasteiger partial charge in [-0.1, -0.05) is 6.07 Å². The molecule has 0 unspecified atom stereocenters. The van der Waals surface area contributed by atoms with Crippen LogP contribution in [0.5, 0.6) is 0 Å². The summed E-state index contributed by atoms with van der Waals surface area (Å²) >= 11 is 0. The Labute approximate surface area is 113 Å². The van der Waals surface area contributed by atoms with Crippen LogP contribution in [-0.2, 0) is 0 Å². The van der Waals surface area contributed by atoms with Gasteiger partial charge in [-0.15, -0.1) is 0 Å². The first-order valence-corrected chi connectivity index (χ1v) is 6.41. The lowest BCUT2D eigenvalue weighted by molar-refractivity contribution is 0.688. The van der Waals surface area contributed by atoms with E-state index in [1.165, 1.54) is 0 Å². The molecule has 0 aliphatic carbocycles. The molecule has 0 bridgehead atoms. The van der Waals surface area contributed by atoms with Crippen LogP contribution in [-0.4, -0.2) is 17.6 Å². The maximum Gasteiger partial charge on any atom is 0.0640 e. The van der Waals surface area contributed by atoms with Crippen molar-refractivity contribution in [1.82, 2.24) is 4.98 Å². The molecule has 1 heterocycles. The van der Waals surface area contributed by atoms with Crippen molar-refractivity contribution in [3.05, 3.63) is 30.6 Å². The molecule has 0 fully saturated rings. The molecule has 98 valence electrons. The zero-order chi connectivity index (χ0) is 13.8. The van der Waals surface area contributed by atoms with Crippen molar-refractivity contribution in [3.63, 3.8) is 0 Å². The van der Waals surface area contributed by atoms with Crippen LogP contribution < -0.4 is 10.6 Å². The van der Waals surface area contributed by atoms with E-state index in [-0.39, 0.29) is 0 Å². The van der Waals surface area contributed by atoms with Crippen LogP contribution in [0.1, 0.15) is 20.3 Å². The zero-order valence-corrected chi connectivity index (χ0v) is 11.3. The Bertz CT molecular complexity index is 613. The van der Waals surface area contributed by atoms with Crippen LogP contribution >= 0.6 is 0 Å². The largest absolute Gasteiger partial charge is 0.397 e. The Kier molecular flexibility index (Phi) is 3.86. The molecular formula is C15H18N4. The van der Waals surface area contributed by atoms with Crippen LogP contribution in [0.15, 0.2) is 30.6 Å². The predicted molar refractivity (Wildman–Crippen MR) is 78.9 cm³/mol. The number of hydrogen-bond acceptors (Lipinski definition) is 4. The van der Waals surface area contributed by atoms with Gasteiger partial charge in [-0.2, -0.15) is 5.26 Å². The van der Waals surface area contributed by atoms with E-state index in [0.29, 0.717) is 19.0 Å². The van der Waals surface area contributed by atoms with Gasteiger partial charge in [-0.3, -0.25) is 4.98 Å². The van der Waals surface area contributed by atoms with E-state index >= 15 is 0 Å². The van der Waals surface area contributed by atoms with Crippen LogP contribution in [0.4, 0.5) is 11.4 Å². The van der Waals surface area contributed by atoms with Gasteiger partial charge in [0.05, 0.1) is 23.9 Å². The first kappa shape index (κ1) is 13.2. The Morgan fingerprint density at radius 2 is 2.16 bits per heavy atom. The summed E-state index contributed by atoms with van der Waals surface area (Å²) < 4.78 is 0. The third-order valence-corrected chi connectivity index (χ3v) is 3.24. The Balaban J connectivity index is 2.48. The summed E-state index contributed by atoms with van der Waals surface area (Å²) in [5.74, 6) is 0. The van der Waals surface area contributed by atoms with Crippen molar-refractivity contribution in [2.75, 3.05) is 17.2 Å². The van der Waals surface area contributed by atoms with E-state index in [2.05, 4.69) is 29.8 Å². The number of nitrogens with zero attached hydrogens (tertiary/aromatic N) is 3. The third-order valence-electron chi connectivity index (χ3n) is 3.24. The van der Waals surface area contributed by atoms with Gasteiger partial charge in [-0.05, 0) is 26.0 Å². The normalized spacial score (nSPS) is 10.6. The highest BCUT2D eigenvalue weighted by Crippen LogP contribution is 2.32. The predicted octanol–water partition coefficient (Wildman–Crippen LogP) is 2.95. The van der Waals surface area contributed by atoms with Crippen molar-refractivity contribution < 1.29 is 0 Å². The monoisotopic (exact) mass is 254 g/mol. The number of pyridine rings is 1. The summed E-state index contributed by atoms with van der Waals surface area (Å²) in [5.41, 5.74) is 8.02. The maximum atomic E-state index is 8.77. The quantitative estimate of drug-likeness (QED) is 0.852. The summed E-state index contributed by atoms with van der Waals surface area (Å²) in [7, 11) is 0. The summed E-state index contributed by atoms with van der Waals surface area (Å²) in [5, 5.41) is 10.8. The lowest BCUT2D eigenvalue weighted by Crippen LogP contribution is -2.32. The first-order chi connectivity index (χ1) is 9.15. The van der Waals surface area contributed by atoms with Crippen molar-refractivity contribution in [1.29, 1.82) is 5.26 Å². The number of nitriles is 1. The van der Waals surface area contributed by atoms with Gasteiger partial charge >= 0.3 is 0 Å². The number of nitrogen functional groups attached to an aromatic ring is 1. The van der Waals surface area contributed by atoms with Crippen molar-refractivity contribution in [3.8, 4) is 6.07 Å². The van der Waals surface area contributed by atoms with Crippen LogP contribution in [0.2, 0.25) is 0 Å². The molecule has 0 atom stereocenters. The molecule has 0 amide bonds. The second-order valence-electron chi connectivity index (χ2n) is 4.79. The average molecular weight is 254 g/mol. The first-order valence-electron chi connectivity index (χ1n) is 6.41. The summed E-state index contributed by atoms with van der Waals surface area (Å²) in [6.45, 7) is 4.90. The Hall–Kier alpha value is -2.28. The fraction of sp³-hybridized carbons (Fsp3) is 0.333. The maximum absolute atomic E-state index is 8.77. The second-order valence-corrected chi connectivity index (χ2v) is 4.79. The zero-order valence-electron chi connectivity index (χ0n) is 11.3. The molecule has 0 aliphatic heterocycles. The number of aromatic nitrogens is 1. The van der Waals surface area contributed by atoms with Crippen LogP contribution in [0.3, 0.4) is 0 Å². The molecule has 1 aromatic heterocycles. The van der Waals surface area contributed by atoms with Crippen molar-refractivity contribution in [2.24, 2.45) is 0 Å². The molecule has 2 aromatic rings. The van der Waals surface area contributed by atoms with Gasteiger partial charge in [0, 0.05) is 35.8 Å². The molecule has 4 heteroatoms. The molecule has 2 rings (SSSR count). The number of anilines is 2. The minimum Gasteiger partial charge on any atom is -0.397 e. The van der Waals surface area contributed by atoms with Crippen LogP contribution in [0, 0.1) is 11.3 Å². The molecule has 0 spiro atoms. The highest BCUT2D eigenvalue weighted by Gasteiger charge is 2.14. The molecule has 4 nitrogen and oxygen atoms in total. The standard InChI is InChI=1S/C15H18N4/c1-11(2)19(9-3-7-16)14-5-4-12-10-18-8-6-13(12)15(14)17/h4-6,8,10-11H,3,9,17H2,1-2H3. The van der Waals surface area contributed by atoms with Gasteiger partial charge in [0.1, 0.15) is 0 Å². The highest BCUT2D eigenvalue weighted by molar-refractivity contribution is 5.98. The van der Waals surface area contributed by atoms with E-state index in [1.54, 1.807) is 6.20 Å². The molecule has 0 radical (unpaired) electrons. The van der Waals surface area contributed by atoms with Gasteiger partial charge < -0.3 is 10.6 Å². The minimum atomic E-state index is 0.301. The summed E-state index contributed by atoms with van der Waals surface area (Å²) in [4.78, 5) is 6.27. The number of fused-ring (bicyclic) bond motifs is 1. The fourth-order valence-corrected chi connectivity index (χ4v) is 2.26. The highest BCUT2D eigenvalue weighted by atomic mass is 15.2. The summed E-state index contributed by atoms with van der Waals surface area (Å²) in [6.07, 6.45) is 4.05. The van der Waals surface area contributed by atoms with E-state index in [1.807, 2.05) is 24.4 Å². The van der Waals surface area contributed by atoms with E-state index in [9.17, 15) is 0 Å². The molecule has 0 saturated heterocycles. The van der Waals surface area contributed by atoms with Gasteiger partial charge in [0.25, 0.3) is 0 Å². The smallest absolute Gasteiger partial charge is 0.0640 e. The minimum absolute atomic E-state index is 0.301. The Morgan fingerprint density at radius 1 is 1.37 bits per heavy atom. The lowest BCUT2D eigenvalue weighted by atomic mass is 10.1. The fourth-order valence-electron chi connectivity index (χ4n) is 2.26.